The molecule has 1 aromatic heterocycles. The van der Waals surface area contributed by atoms with E-state index in [-0.39, 0.29) is 0 Å². The molecule has 1 aromatic carbocycles. The molecule has 0 saturated heterocycles. The number of nitrogens with zero attached hydrogens (tertiary/aromatic N) is 3. The average molecular weight is 296 g/mol. The molecule has 0 unspecified atom stereocenters. The molecule has 4 nitrogen and oxygen atoms in total. The van der Waals surface area contributed by atoms with Gasteiger partial charge in [0.05, 0.1) is 6.54 Å². The van der Waals surface area contributed by atoms with Crippen molar-refractivity contribution in [1.29, 1.82) is 0 Å². The summed E-state index contributed by atoms with van der Waals surface area (Å²) in [5, 5.41) is 11.0. The van der Waals surface area contributed by atoms with Crippen LogP contribution in [-0.2, 0) is 13.1 Å². The quantitative estimate of drug-likeness (QED) is 0.854. The highest BCUT2D eigenvalue weighted by Crippen LogP contribution is 2.27. The Morgan fingerprint density at radius 3 is 3.11 bits per heavy atom. The Hall–Kier alpha value is -1.17. The van der Waals surface area contributed by atoms with Crippen LogP contribution in [-0.4, -0.2) is 28.2 Å². The fourth-order valence-electron chi connectivity index (χ4n) is 2.14. The number of aromatic nitrogens is 2. The SMILES string of the molecule is Cc1nnc(CN2CCOc3ccc(Cl)cc3C2)s1. The molecule has 0 fully saturated rings. The van der Waals surface area contributed by atoms with Crippen molar-refractivity contribution in [1.82, 2.24) is 15.1 Å². The molecule has 6 heteroatoms. The van der Waals surface area contributed by atoms with E-state index in [9.17, 15) is 0 Å². The minimum atomic E-state index is 0.687. The summed E-state index contributed by atoms with van der Waals surface area (Å²) in [5.74, 6) is 0.931. The van der Waals surface area contributed by atoms with Crippen molar-refractivity contribution >= 4 is 22.9 Å². The standard InChI is InChI=1S/C13H14ClN3OS/c1-9-15-16-13(19-9)8-17-4-5-18-12-3-2-11(14)6-10(12)7-17/h2-3,6H,4-5,7-8H2,1H3. The summed E-state index contributed by atoms with van der Waals surface area (Å²) in [5.41, 5.74) is 1.13. The van der Waals surface area contributed by atoms with Gasteiger partial charge in [0.15, 0.2) is 0 Å². The molecule has 0 amide bonds. The summed E-state index contributed by atoms with van der Waals surface area (Å²) >= 11 is 7.69. The minimum Gasteiger partial charge on any atom is -0.492 e. The van der Waals surface area contributed by atoms with Crippen molar-refractivity contribution in [2.45, 2.75) is 20.0 Å². The van der Waals surface area contributed by atoms with E-state index in [0.717, 1.165) is 46.0 Å². The van der Waals surface area contributed by atoms with Gasteiger partial charge in [-0.25, -0.2) is 0 Å². The topological polar surface area (TPSA) is 38.2 Å². The van der Waals surface area contributed by atoms with Crippen LogP contribution in [0.25, 0.3) is 0 Å². The monoisotopic (exact) mass is 295 g/mol. The average Bonchev–Trinajstić information content (AvgIpc) is 2.67. The van der Waals surface area contributed by atoms with Crippen LogP contribution in [0.2, 0.25) is 5.02 Å². The third-order valence-corrected chi connectivity index (χ3v) is 4.07. The van der Waals surface area contributed by atoms with E-state index in [1.165, 1.54) is 0 Å². The largest absolute Gasteiger partial charge is 0.492 e. The highest BCUT2D eigenvalue weighted by molar-refractivity contribution is 7.11. The van der Waals surface area contributed by atoms with Crippen LogP contribution >= 0.6 is 22.9 Å². The van der Waals surface area contributed by atoms with Gasteiger partial charge in [-0.05, 0) is 25.1 Å². The Morgan fingerprint density at radius 2 is 2.32 bits per heavy atom. The van der Waals surface area contributed by atoms with Crippen LogP contribution in [0.1, 0.15) is 15.6 Å². The predicted octanol–water partition coefficient (Wildman–Crippen LogP) is 2.89. The van der Waals surface area contributed by atoms with E-state index in [0.29, 0.717) is 6.61 Å². The van der Waals surface area contributed by atoms with Crippen molar-refractivity contribution in [3.8, 4) is 5.75 Å². The number of fused-ring (bicyclic) bond motifs is 1. The predicted molar refractivity (Wildman–Crippen MR) is 75.7 cm³/mol. The summed E-state index contributed by atoms with van der Waals surface area (Å²) in [4.78, 5) is 2.31. The zero-order valence-electron chi connectivity index (χ0n) is 10.6. The number of halogens is 1. The molecule has 0 aliphatic carbocycles. The number of hydrogen-bond acceptors (Lipinski definition) is 5. The van der Waals surface area contributed by atoms with Crippen LogP contribution in [0.3, 0.4) is 0 Å². The Bertz CT molecular complexity index is 587. The van der Waals surface area contributed by atoms with Gasteiger partial charge < -0.3 is 4.74 Å². The first-order valence-electron chi connectivity index (χ1n) is 6.13. The third-order valence-electron chi connectivity index (χ3n) is 3.01. The lowest BCUT2D eigenvalue weighted by Crippen LogP contribution is -2.25. The molecule has 1 aliphatic heterocycles. The summed E-state index contributed by atoms with van der Waals surface area (Å²) < 4.78 is 5.74. The molecular formula is C13H14ClN3OS. The van der Waals surface area contributed by atoms with E-state index in [4.69, 9.17) is 16.3 Å². The minimum absolute atomic E-state index is 0.687. The van der Waals surface area contributed by atoms with Crippen LogP contribution < -0.4 is 4.74 Å². The number of ether oxygens (including phenoxy) is 1. The number of aryl methyl sites for hydroxylation is 1. The van der Waals surface area contributed by atoms with E-state index in [1.54, 1.807) is 11.3 Å². The Balaban J connectivity index is 1.77. The first-order chi connectivity index (χ1) is 9.20. The molecular weight excluding hydrogens is 282 g/mol. The van der Waals surface area contributed by atoms with Crippen molar-refractivity contribution in [2.24, 2.45) is 0 Å². The van der Waals surface area contributed by atoms with E-state index in [2.05, 4.69) is 15.1 Å². The lowest BCUT2D eigenvalue weighted by Gasteiger charge is -2.17. The van der Waals surface area contributed by atoms with Gasteiger partial charge in [0.25, 0.3) is 0 Å². The third kappa shape index (κ3) is 3.05. The van der Waals surface area contributed by atoms with Crippen molar-refractivity contribution in [3.05, 3.63) is 38.8 Å². The zero-order chi connectivity index (χ0) is 13.2. The van der Waals surface area contributed by atoms with Gasteiger partial charge in [-0.15, -0.1) is 21.5 Å². The first-order valence-corrected chi connectivity index (χ1v) is 7.33. The molecule has 0 atom stereocenters. The lowest BCUT2D eigenvalue weighted by molar-refractivity contribution is 0.219. The van der Waals surface area contributed by atoms with E-state index in [1.807, 2.05) is 25.1 Å². The Morgan fingerprint density at radius 1 is 1.42 bits per heavy atom. The molecule has 2 heterocycles. The summed E-state index contributed by atoms with van der Waals surface area (Å²) in [6.07, 6.45) is 0. The lowest BCUT2D eigenvalue weighted by atomic mass is 10.2. The summed E-state index contributed by atoms with van der Waals surface area (Å²) in [6, 6.07) is 5.78. The molecule has 0 bridgehead atoms. The van der Waals surface area contributed by atoms with Crippen molar-refractivity contribution < 1.29 is 4.74 Å². The van der Waals surface area contributed by atoms with Gasteiger partial charge >= 0.3 is 0 Å². The normalized spacial score (nSPS) is 15.7. The van der Waals surface area contributed by atoms with Gasteiger partial charge in [-0.1, -0.05) is 11.6 Å². The second kappa shape index (κ2) is 5.45. The molecule has 100 valence electrons. The highest BCUT2D eigenvalue weighted by Gasteiger charge is 2.17. The van der Waals surface area contributed by atoms with Crippen molar-refractivity contribution in [2.75, 3.05) is 13.2 Å². The molecule has 0 saturated carbocycles. The van der Waals surface area contributed by atoms with Crippen LogP contribution in [0.5, 0.6) is 5.75 Å². The second-order valence-corrected chi connectivity index (χ2v) is 6.23. The molecule has 19 heavy (non-hydrogen) atoms. The maximum atomic E-state index is 6.05. The molecule has 0 spiro atoms. The molecule has 2 aromatic rings. The fraction of sp³-hybridized carbons (Fsp3) is 0.385. The molecule has 0 N–H and O–H groups in total. The molecule has 1 aliphatic rings. The smallest absolute Gasteiger partial charge is 0.131 e. The number of hydrogen-bond donors (Lipinski definition) is 0. The highest BCUT2D eigenvalue weighted by atomic mass is 35.5. The second-order valence-electron chi connectivity index (χ2n) is 4.53. The summed E-state index contributed by atoms with van der Waals surface area (Å²) in [6.45, 7) is 5.18. The van der Waals surface area contributed by atoms with Gasteiger partial charge in [0, 0.05) is 23.7 Å². The van der Waals surface area contributed by atoms with E-state index >= 15 is 0 Å². The first kappa shape index (κ1) is 12.8. The zero-order valence-corrected chi connectivity index (χ0v) is 12.2. The summed E-state index contributed by atoms with van der Waals surface area (Å²) in [7, 11) is 0. The van der Waals surface area contributed by atoms with Crippen LogP contribution in [0.15, 0.2) is 18.2 Å². The van der Waals surface area contributed by atoms with Crippen molar-refractivity contribution in [3.63, 3.8) is 0 Å². The Labute approximate surface area is 121 Å². The fourth-order valence-corrected chi connectivity index (χ4v) is 3.09. The Kier molecular flexibility index (Phi) is 3.68. The maximum Gasteiger partial charge on any atom is 0.131 e. The van der Waals surface area contributed by atoms with E-state index < -0.39 is 0 Å². The van der Waals surface area contributed by atoms with Crippen LogP contribution in [0, 0.1) is 6.92 Å². The van der Waals surface area contributed by atoms with Gasteiger partial charge in [0.1, 0.15) is 22.4 Å². The van der Waals surface area contributed by atoms with Gasteiger partial charge in [0.2, 0.25) is 0 Å². The van der Waals surface area contributed by atoms with Gasteiger partial charge in [-0.2, -0.15) is 0 Å². The molecule has 0 radical (unpaired) electrons. The number of benzene rings is 1. The number of rotatable bonds is 2. The maximum absolute atomic E-state index is 6.05. The van der Waals surface area contributed by atoms with Gasteiger partial charge in [-0.3, -0.25) is 4.90 Å². The molecule has 3 rings (SSSR count). The van der Waals surface area contributed by atoms with Crippen LogP contribution in [0.4, 0.5) is 0 Å².